The number of hydrogen-bond donors (Lipinski definition) is 1. The highest BCUT2D eigenvalue weighted by molar-refractivity contribution is 7.90. The molecule has 0 saturated carbocycles. The monoisotopic (exact) mass is 311 g/mol. The molecule has 0 amide bonds. The maximum atomic E-state index is 12.4. The van der Waals surface area contributed by atoms with Gasteiger partial charge in [-0.05, 0) is 11.1 Å². The Labute approximate surface area is 113 Å². The first-order chi connectivity index (χ1) is 8.37. The fourth-order valence-corrected chi connectivity index (χ4v) is 5.89. The third-order valence-electron chi connectivity index (χ3n) is 3.32. The molecule has 0 radical (unpaired) electrons. The molecular weight excluding hydrogens is 292 g/mol. The zero-order chi connectivity index (χ0) is 15.1. The van der Waals surface area contributed by atoms with Crippen molar-refractivity contribution in [3.63, 3.8) is 0 Å². The van der Waals surface area contributed by atoms with E-state index in [0.717, 1.165) is 12.3 Å². The minimum Gasteiger partial charge on any atom is -0.232 e. The molecule has 5 nitrogen and oxygen atoms in total. The summed E-state index contributed by atoms with van der Waals surface area (Å²) in [5, 5.41) is 2.81. The summed E-state index contributed by atoms with van der Waals surface area (Å²) in [5.74, 6) is 0. The molecule has 0 spiro atoms. The Hall–Kier alpha value is -0.803. The minimum atomic E-state index is -3.87. The predicted molar refractivity (Wildman–Crippen MR) is 71.0 cm³/mol. The number of rotatable bonds is 4. The molecule has 0 aliphatic heterocycles. The van der Waals surface area contributed by atoms with Gasteiger partial charge in [-0.15, -0.1) is 0 Å². The first kappa shape index (κ1) is 16.3. The predicted octanol–water partition coefficient (Wildman–Crippen LogP) is 2.56. The largest absolute Gasteiger partial charge is 0.333 e. The normalized spacial score (nSPS) is 14.1. The fourth-order valence-electron chi connectivity index (χ4n) is 1.11. The smallest absolute Gasteiger partial charge is 0.232 e. The van der Waals surface area contributed by atoms with Crippen molar-refractivity contribution in [2.45, 2.75) is 50.5 Å². The van der Waals surface area contributed by atoms with Crippen LogP contribution in [0.3, 0.4) is 0 Å². The second kappa shape index (κ2) is 4.95. The van der Waals surface area contributed by atoms with Gasteiger partial charge in [-0.25, -0.2) is 17.5 Å². The molecule has 1 aromatic heterocycles. The van der Waals surface area contributed by atoms with Crippen molar-refractivity contribution < 1.29 is 17.2 Å². The molecule has 1 N–H and O–H groups in total. The lowest BCUT2D eigenvalue weighted by molar-refractivity contribution is 0.0553. The molecule has 0 atom stereocenters. The van der Waals surface area contributed by atoms with E-state index >= 15 is 0 Å². The molecule has 0 unspecified atom stereocenters. The summed E-state index contributed by atoms with van der Waals surface area (Å²) in [7, 11) is -6.18. The van der Waals surface area contributed by atoms with Gasteiger partial charge in [0.25, 0.3) is 10.0 Å². The summed E-state index contributed by atoms with van der Waals surface area (Å²) < 4.78 is 52.0. The molecule has 0 bridgehead atoms. The molecule has 1 aromatic rings. The maximum Gasteiger partial charge on any atom is 0.333 e. The zero-order valence-electron chi connectivity index (χ0n) is 11.6. The highest BCUT2D eigenvalue weighted by Gasteiger charge is 2.40. The minimum absolute atomic E-state index is 0.203. The van der Waals surface area contributed by atoms with Crippen LogP contribution in [-0.4, -0.2) is 26.4 Å². The topological polar surface area (TPSA) is 64.0 Å². The van der Waals surface area contributed by atoms with E-state index in [4.69, 9.17) is 0 Å². The van der Waals surface area contributed by atoms with Gasteiger partial charge in [0.15, 0.2) is 5.03 Å². The molecule has 9 heteroatoms. The Morgan fingerprint density at radius 3 is 2.26 bits per heavy atom. The van der Waals surface area contributed by atoms with Gasteiger partial charge < -0.3 is 0 Å². The van der Waals surface area contributed by atoms with Gasteiger partial charge in [0.1, 0.15) is 8.24 Å². The summed E-state index contributed by atoms with van der Waals surface area (Å²) in [6.07, 6.45) is 0.949. The number of nitrogens with zero attached hydrogens (tertiary/aromatic N) is 2. The Kier molecular flexibility index (Phi) is 4.23. The summed E-state index contributed by atoms with van der Waals surface area (Å²) >= 11 is 0. The average Bonchev–Trinajstić information content (AvgIpc) is 2.62. The fraction of sp³-hybridized carbons (Fsp3) is 0.700. The summed E-state index contributed by atoms with van der Waals surface area (Å²) in [6, 6.07) is 1.07. The lowest BCUT2D eigenvalue weighted by Crippen LogP contribution is -2.54. The number of halogens is 2. The van der Waals surface area contributed by atoms with Crippen LogP contribution >= 0.6 is 0 Å². The van der Waals surface area contributed by atoms with Gasteiger partial charge in [0.05, 0.1) is 0 Å². The number of aromatic nitrogens is 2. The van der Waals surface area contributed by atoms with Gasteiger partial charge in [-0.2, -0.15) is 13.9 Å². The van der Waals surface area contributed by atoms with E-state index in [1.165, 1.54) is 0 Å². The lowest BCUT2D eigenvalue weighted by atomic mass is 10.2. The van der Waals surface area contributed by atoms with Crippen molar-refractivity contribution in [3.05, 3.63) is 12.3 Å². The molecule has 19 heavy (non-hydrogen) atoms. The molecule has 1 rings (SSSR count). The quantitative estimate of drug-likeness (QED) is 0.869. The summed E-state index contributed by atoms with van der Waals surface area (Å²) in [6.45, 7) is 6.72. The van der Waals surface area contributed by atoms with Crippen LogP contribution in [-0.2, 0) is 10.0 Å². The first-order valence-corrected chi connectivity index (χ1v) is 10.2. The lowest BCUT2D eigenvalue weighted by Gasteiger charge is -2.36. The first-order valence-electron chi connectivity index (χ1n) is 5.74. The summed E-state index contributed by atoms with van der Waals surface area (Å²) in [4.78, 5) is 0. The van der Waals surface area contributed by atoms with Crippen LogP contribution in [0.4, 0.5) is 8.78 Å². The van der Waals surface area contributed by atoms with Crippen LogP contribution < -0.4 is 4.39 Å². The summed E-state index contributed by atoms with van der Waals surface area (Å²) in [5.41, 5.74) is 0. The standard InChI is InChI=1S/C10H19F2N3O2SSi/c1-10(2,3)19(4,5)14-18(16,17)8-6-7-15(13-8)9(11)12/h6-7,9,14H,1-5H3. The molecule has 0 saturated heterocycles. The molecule has 0 aliphatic rings. The van der Waals surface area contributed by atoms with Gasteiger partial charge in [0, 0.05) is 6.20 Å². The van der Waals surface area contributed by atoms with Crippen LogP contribution in [0.2, 0.25) is 18.1 Å². The van der Waals surface area contributed by atoms with Crippen LogP contribution in [0.15, 0.2) is 17.3 Å². The van der Waals surface area contributed by atoms with Crippen molar-refractivity contribution in [2.24, 2.45) is 0 Å². The van der Waals surface area contributed by atoms with E-state index in [-0.39, 0.29) is 10.1 Å². The van der Waals surface area contributed by atoms with E-state index in [2.05, 4.69) is 9.49 Å². The number of nitrogens with one attached hydrogen (secondary N) is 1. The number of sulfonamides is 1. The van der Waals surface area contributed by atoms with Crippen LogP contribution in [0.25, 0.3) is 0 Å². The van der Waals surface area contributed by atoms with Crippen LogP contribution in [0.5, 0.6) is 0 Å². The maximum absolute atomic E-state index is 12.4. The average molecular weight is 311 g/mol. The van der Waals surface area contributed by atoms with Gasteiger partial charge >= 0.3 is 6.55 Å². The number of hydrogen-bond acceptors (Lipinski definition) is 3. The molecule has 110 valence electrons. The molecular formula is C10H19F2N3O2SSi. The zero-order valence-corrected chi connectivity index (χ0v) is 13.4. The van der Waals surface area contributed by atoms with Crippen LogP contribution in [0, 0.1) is 0 Å². The molecule has 1 heterocycles. The van der Waals surface area contributed by atoms with E-state index < -0.39 is 24.8 Å². The third kappa shape index (κ3) is 3.60. The van der Waals surface area contributed by atoms with Gasteiger partial charge in [0.2, 0.25) is 0 Å². The molecule has 0 aliphatic carbocycles. The SMILES string of the molecule is CC(C)(C)[Si](C)(C)NS(=O)(=O)c1ccn(C(F)F)n1. The Morgan fingerprint density at radius 2 is 1.89 bits per heavy atom. The van der Waals surface area contributed by atoms with E-state index in [0.29, 0.717) is 4.68 Å². The van der Waals surface area contributed by atoms with E-state index in [9.17, 15) is 17.2 Å². The van der Waals surface area contributed by atoms with Crippen molar-refractivity contribution in [2.75, 3.05) is 0 Å². The Bertz CT molecular complexity index is 549. The van der Waals surface area contributed by atoms with Gasteiger partial charge in [-0.1, -0.05) is 33.9 Å². The van der Waals surface area contributed by atoms with Crippen molar-refractivity contribution in [3.8, 4) is 0 Å². The highest BCUT2D eigenvalue weighted by atomic mass is 32.2. The molecule has 0 fully saturated rings. The molecule has 0 aromatic carbocycles. The third-order valence-corrected chi connectivity index (χ3v) is 11.0. The Balaban J connectivity index is 3.05. The highest BCUT2D eigenvalue weighted by Crippen LogP contribution is 2.34. The van der Waals surface area contributed by atoms with Crippen LogP contribution in [0.1, 0.15) is 27.3 Å². The van der Waals surface area contributed by atoms with Crippen molar-refractivity contribution in [1.82, 2.24) is 14.2 Å². The van der Waals surface area contributed by atoms with Gasteiger partial charge in [-0.3, -0.25) is 0 Å². The Morgan fingerprint density at radius 1 is 1.37 bits per heavy atom. The number of alkyl halides is 2. The van der Waals surface area contributed by atoms with Crippen molar-refractivity contribution >= 4 is 18.3 Å². The van der Waals surface area contributed by atoms with Crippen molar-refractivity contribution in [1.29, 1.82) is 0 Å². The second-order valence-corrected chi connectivity index (χ2v) is 12.9. The second-order valence-electron chi connectivity index (χ2n) is 5.89. The van der Waals surface area contributed by atoms with E-state index in [1.807, 2.05) is 33.9 Å². The van der Waals surface area contributed by atoms with E-state index in [1.54, 1.807) is 0 Å².